The molecule has 2 aliphatic rings. The summed E-state index contributed by atoms with van der Waals surface area (Å²) in [4.78, 5) is 7.73. The molecular formula is C29H40N4O3S. The molecule has 0 unspecified atom stereocenters. The lowest BCUT2D eigenvalue weighted by molar-refractivity contribution is 0.0611. The molecule has 0 N–H and O–H groups in total. The van der Waals surface area contributed by atoms with Crippen molar-refractivity contribution in [3.8, 4) is 0 Å². The third kappa shape index (κ3) is 5.56. The standard InChI is InChI=1S/C29H40N4O3S/c1-29(2,3)28-30-26-19-24(9-12-27(26)33(28)21-23-13-17-36-18-14-23)31(4)37(34,35)25-10-7-22(8-11-25)20-32-15-5-6-16-32/h7-12,19,23H,5-6,13-18,20-21H2,1-4H3. The van der Waals surface area contributed by atoms with E-state index in [9.17, 15) is 8.42 Å². The topological polar surface area (TPSA) is 67.7 Å². The number of anilines is 1. The van der Waals surface area contributed by atoms with Crippen LogP contribution in [0.3, 0.4) is 0 Å². The number of rotatable bonds is 7. The van der Waals surface area contributed by atoms with Gasteiger partial charge in [0.05, 0.1) is 21.6 Å². The van der Waals surface area contributed by atoms with E-state index in [1.165, 1.54) is 17.1 Å². The molecule has 3 aromatic rings. The van der Waals surface area contributed by atoms with Crippen molar-refractivity contribution in [3.63, 3.8) is 0 Å². The normalized spacial score (nSPS) is 18.1. The van der Waals surface area contributed by atoms with Crippen molar-refractivity contribution >= 4 is 26.7 Å². The lowest BCUT2D eigenvalue weighted by Gasteiger charge is -2.26. The van der Waals surface area contributed by atoms with E-state index in [2.05, 4.69) is 30.2 Å². The first-order chi connectivity index (χ1) is 17.6. The Bertz CT molecular complexity index is 1330. The van der Waals surface area contributed by atoms with Crippen molar-refractivity contribution in [2.45, 2.75) is 69.9 Å². The highest BCUT2D eigenvalue weighted by Gasteiger charge is 2.27. The lowest BCUT2D eigenvalue weighted by atomic mass is 9.94. The maximum absolute atomic E-state index is 13.5. The van der Waals surface area contributed by atoms with E-state index in [0.717, 1.165) is 74.7 Å². The third-order valence-electron chi connectivity index (χ3n) is 7.73. The molecule has 8 heteroatoms. The minimum absolute atomic E-state index is 0.126. The van der Waals surface area contributed by atoms with Gasteiger partial charge in [-0.1, -0.05) is 32.9 Å². The smallest absolute Gasteiger partial charge is 0.264 e. The Morgan fingerprint density at radius 2 is 1.70 bits per heavy atom. The SMILES string of the molecule is CN(c1ccc2c(c1)nc(C(C)(C)C)n2CC1CCOCC1)S(=O)(=O)c1ccc(CN2CCCC2)cc1. The Hall–Kier alpha value is -2.42. The van der Waals surface area contributed by atoms with Crippen LogP contribution >= 0.6 is 0 Å². The zero-order valence-electron chi connectivity index (χ0n) is 22.6. The largest absolute Gasteiger partial charge is 0.381 e. The molecule has 200 valence electrons. The second-order valence-electron chi connectivity index (χ2n) is 11.6. The fourth-order valence-corrected chi connectivity index (χ4v) is 6.71. The maximum Gasteiger partial charge on any atom is 0.264 e. The minimum Gasteiger partial charge on any atom is -0.381 e. The number of hydrogen-bond acceptors (Lipinski definition) is 5. The van der Waals surface area contributed by atoms with Gasteiger partial charge in [0.25, 0.3) is 10.0 Å². The van der Waals surface area contributed by atoms with Crippen LogP contribution in [0, 0.1) is 5.92 Å². The summed E-state index contributed by atoms with van der Waals surface area (Å²) in [6.07, 6.45) is 4.59. The Morgan fingerprint density at radius 3 is 2.35 bits per heavy atom. The molecule has 2 aromatic carbocycles. The van der Waals surface area contributed by atoms with E-state index < -0.39 is 10.0 Å². The van der Waals surface area contributed by atoms with Gasteiger partial charge in [0, 0.05) is 38.8 Å². The number of hydrogen-bond donors (Lipinski definition) is 0. The molecule has 0 aliphatic carbocycles. The molecule has 0 amide bonds. The summed E-state index contributed by atoms with van der Waals surface area (Å²) in [5.41, 5.74) is 3.52. The first-order valence-corrected chi connectivity index (χ1v) is 15.0. The van der Waals surface area contributed by atoms with E-state index in [4.69, 9.17) is 9.72 Å². The molecule has 0 radical (unpaired) electrons. The number of aromatic nitrogens is 2. The van der Waals surface area contributed by atoms with Crippen molar-refractivity contribution in [1.29, 1.82) is 0 Å². The molecule has 7 nitrogen and oxygen atoms in total. The van der Waals surface area contributed by atoms with Crippen molar-refractivity contribution < 1.29 is 13.2 Å². The zero-order valence-corrected chi connectivity index (χ0v) is 23.4. The quantitative estimate of drug-likeness (QED) is 0.426. The van der Waals surface area contributed by atoms with Gasteiger partial charge in [-0.05, 0) is 80.6 Å². The van der Waals surface area contributed by atoms with Gasteiger partial charge in [0.2, 0.25) is 0 Å². The number of nitrogens with zero attached hydrogens (tertiary/aromatic N) is 4. The second kappa shape index (κ2) is 10.4. The minimum atomic E-state index is -3.69. The van der Waals surface area contributed by atoms with Crippen LogP contribution in [0.1, 0.15) is 57.8 Å². The highest BCUT2D eigenvalue weighted by Crippen LogP contribution is 2.32. The highest BCUT2D eigenvalue weighted by molar-refractivity contribution is 7.92. The number of imidazole rings is 1. The van der Waals surface area contributed by atoms with Gasteiger partial charge >= 0.3 is 0 Å². The zero-order chi connectivity index (χ0) is 26.2. The van der Waals surface area contributed by atoms with Crippen LogP contribution in [0.4, 0.5) is 5.69 Å². The Morgan fingerprint density at radius 1 is 1.03 bits per heavy atom. The predicted octanol–water partition coefficient (Wildman–Crippen LogP) is 5.18. The van der Waals surface area contributed by atoms with Gasteiger partial charge in [-0.2, -0.15) is 0 Å². The number of sulfonamides is 1. The highest BCUT2D eigenvalue weighted by atomic mass is 32.2. The molecule has 0 atom stereocenters. The van der Waals surface area contributed by atoms with E-state index in [1.54, 1.807) is 19.2 Å². The van der Waals surface area contributed by atoms with Gasteiger partial charge in [-0.3, -0.25) is 9.21 Å². The molecule has 0 bridgehead atoms. The maximum atomic E-state index is 13.5. The van der Waals surface area contributed by atoms with Crippen LogP contribution in [0.25, 0.3) is 11.0 Å². The molecule has 2 aliphatic heterocycles. The van der Waals surface area contributed by atoms with Crippen molar-refractivity contribution in [3.05, 3.63) is 53.9 Å². The van der Waals surface area contributed by atoms with E-state index in [0.29, 0.717) is 16.5 Å². The van der Waals surface area contributed by atoms with Crippen LogP contribution < -0.4 is 4.31 Å². The first-order valence-electron chi connectivity index (χ1n) is 13.5. The van der Waals surface area contributed by atoms with E-state index in [1.807, 2.05) is 30.3 Å². The Balaban J connectivity index is 1.41. The van der Waals surface area contributed by atoms with Gasteiger partial charge < -0.3 is 9.30 Å². The summed E-state index contributed by atoms with van der Waals surface area (Å²) in [5.74, 6) is 1.59. The van der Waals surface area contributed by atoms with Crippen LogP contribution in [0.2, 0.25) is 0 Å². The van der Waals surface area contributed by atoms with E-state index >= 15 is 0 Å². The van der Waals surface area contributed by atoms with Gasteiger partial charge in [-0.15, -0.1) is 0 Å². The van der Waals surface area contributed by atoms with Gasteiger partial charge in [0.1, 0.15) is 5.82 Å². The van der Waals surface area contributed by atoms with Crippen molar-refractivity contribution in [2.24, 2.45) is 5.92 Å². The average Bonchev–Trinajstić information content (AvgIpc) is 3.52. The summed E-state index contributed by atoms with van der Waals surface area (Å²) in [6, 6.07) is 13.2. The number of fused-ring (bicyclic) bond motifs is 1. The van der Waals surface area contributed by atoms with Crippen LogP contribution in [0.15, 0.2) is 47.4 Å². The molecular weight excluding hydrogens is 484 g/mol. The Kier molecular flexibility index (Phi) is 7.35. The Labute approximate surface area is 221 Å². The molecule has 2 saturated heterocycles. The third-order valence-corrected chi connectivity index (χ3v) is 9.53. The summed E-state index contributed by atoms with van der Waals surface area (Å²) < 4.78 is 36.3. The number of likely N-dealkylation sites (tertiary alicyclic amines) is 1. The molecule has 0 saturated carbocycles. The average molecular weight is 525 g/mol. The molecule has 1 aromatic heterocycles. The summed E-state index contributed by atoms with van der Waals surface area (Å²) >= 11 is 0. The predicted molar refractivity (Wildman–Crippen MR) is 149 cm³/mol. The van der Waals surface area contributed by atoms with Crippen LogP contribution in [-0.2, 0) is 33.3 Å². The van der Waals surface area contributed by atoms with Crippen LogP contribution in [0.5, 0.6) is 0 Å². The fourth-order valence-electron chi connectivity index (χ4n) is 5.52. The molecule has 37 heavy (non-hydrogen) atoms. The molecule has 3 heterocycles. The summed E-state index contributed by atoms with van der Waals surface area (Å²) in [5, 5.41) is 0. The molecule has 5 rings (SSSR count). The molecule has 0 spiro atoms. The first kappa shape index (κ1) is 26.2. The number of benzene rings is 2. The van der Waals surface area contributed by atoms with Gasteiger partial charge in [-0.25, -0.2) is 13.4 Å². The van der Waals surface area contributed by atoms with Gasteiger partial charge in [0.15, 0.2) is 0 Å². The summed E-state index contributed by atoms with van der Waals surface area (Å²) in [6.45, 7) is 12.2. The van der Waals surface area contributed by atoms with Crippen LogP contribution in [-0.4, -0.2) is 56.2 Å². The monoisotopic (exact) mass is 524 g/mol. The van der Waals surface area contributed by atoms with Crippen molar-refractivity contribution in [1.82, 2.24) is 14.5 Å². The van der Waals surface area contributed by atoms with Crippen molar-refractivity contribution in [2.75, 3.05) is 37.7 Å². The van der Waals surface area contributed by atoms with E-state index in [-0.39, 0.29) is 5.41 Å². The molecule has 2 fully saturated rings. The second-order valence-corrected chi connectivity index (χ2v) is 13.6. The fraction of sp³-hybridized carbons (Fsp3) is 0.552. The summed E-state index contributed by atoms with van der Waals surface area (Å²) in [7, 11) is -2.06. The number of ether oxygens (including phenoxy) is 1. The lowest BCUT2D eigenvalue weighted by Crippen LogP contribution is -2.26.